The van der Waals surface area contributed by atoms with E-state index < -0.39 is 0 Å². The Hall–Kier alpha value is -2.25. The van der Waals surface area contributed by atoms with E-state index in [1.54, 1.807) is 12.1 Å². The van der Waals surface area contributed by atoms with E-state index in [2.05, 4.69) is 14.9 Å². The summed E-state index contributed by atoms with van der Waals surface area (Å²) in [5.41, 5.74) is 1.69. The zero-order valence-corrected chi connectivity index (χ0v) is 17.4. The second kappa shape index (κ2) is 7.54. The van der Waals surface area contributed by atoms with Crippen LogP contribution in [-0.4, -0.2) is 57.7 Å². The summed E-state index contributed by atoms with van der Waals surface area (Å²) in [4.78, 5) is 19.6. The molecule has 0 saturated carbocycles. The van der Waals surface area contributed by atoms with E-state index in [0.717, 1.165) is 65.5 Å². The van der Waals surface area contributed by atoms with Crippen LogP contribution in [-0.2, 0) is 0 Å². The highest BCUT2D eigenvalue weighted by molar-refractivity contribution is 7.20. The van der Waals surface area contributed by atoms with E-state index >= 15 is 0 Å². The number of hydrogen-bond donors (Lipinski definition) is 0. The fourth-order valence-electron chi connectivity index (χ4n) is 4.61. The molecule has 5 nitrogen and oxygen atoms in total. The molecule has 0 bridgehead atoms. The maximum absolute atomic E-state index is 13.3. The predicted molar refractivity (Wildman–Crippen MR) is 113 cm³/mol. The molecule has 2 aromatic heterocycles. The second-order valence-corrected chi connectivity index (χ2v) is 9.14. The van der Waals surface area contributed by atoms with Crippen LogP contribution in [0.3, 0.4) is 0 Å². The van der Waals surface area contributed by atoms with Gasteiger partial charge >= 0.3 is 0 Å². The minimum atomic E-state index is -0.269. The third-order valence-corrected chi connectivity index (χ3v) is 7.23. The molecule has 4 heterocycles. The van der Waals surface area contributed by atoms with Crippen LogP contribution in [0.2, 0.25) is 0 Å². The smallest absolute Gasteiger partial charge is 0.264 e. The minimum Gasteiger partial charge on any atom is -0.334 e. The maximum Gasteiger partial charge on any atom is 0.264 e. The maximum atomic E-state index is 13.3. The number of aryl methyl sites for hydroxylation is 1. The predicted octanol–water partition coefficient (Wildman–Crippen LogP) is 4.23. The van der Waals surface area contributed by atoms with Crippen molar-refractivity contribution in [1.29, 1.82) is 0 Å². The Labute approximate surface area is 173 Å². The first-order valence-electron chi connectivity index (χ1n) is 10.4. The molecule has 2 saturated heterocycles. The molecule has 1 aromatic carbocycles. The van der Waals surface area contributed by atoms with Gasteiger partial charge in [-0.05, 0) is 76.0 Å². The Bertz CT molecular complexity index is 1040. The number of carbonyl (C=O) groups excluding carboxylic acids is 1. The number of rotatable bonds is 4. The third-order valence-electron chi connectivity index (χ3n) is 6.13. The van der Waals surface area contributed by atoms with Crippen molar-refractivity contribution in [2.45, 2.75) is 38.6 Å². The van der Waals surface area contributed by atoms with E-state index in [0.29, 0.717) is 6.04 Å². The highest BCUT2D eigenvalue weighted by Crippen LogP contribution is 2.32. The molecule has 152 valence electrons. The Morgan fingerprint density at radius 2 is 1.93 bits per heavy atom. The van der Waals surface area contributed by atoms with Crippen molar-refractivity contribution in [3.8, 4) is 5.69 Å². The summed E-state index contributed by atoms with van der Waals surface area (Å²) < 4.78 is 15.1. The van der Waals surface area contributed by atoms with Gasteiger partial charge in [0.15, 0.2) is 0 Å². The van der Waals surface area contributed by atoms with Crippen LogP contribution in [0.25, 0.3) is 15.9 Å². The highest BCUT2D eigenvalue weighted by Gasteiger charge is 2.32. The van der Waals surface area contributed by atoms with E-state index in [-0.39, 0.29) is 11.7 Å². The molecular weight excluding hydrogens is 387 g/mol. The van der Waals surface area contributed by atoms with Gasteiger partial charge in [0.2, 0.25) is 0 Å². The molecule has 5 rings (SSSR count). The lowest BCUT2D eigenvalue weighted by Crippen LogP contribution is -2.42. The molecule has 3 aromatic rings. The van der Waals surface area contributed by atoms with Crippen molar-refractivity contribution in [1.82, 2.24) is 19.6 Å². The molecule has 1 amide bonds. The first kappa shape index (κ1) is 18.8. The second-order valence-electron chi connectivity index (χ2n) is 8.11. The highest BCUT2D eigenvalue weighted by atomic mass is 32.1. The first-order chi connectivity index (χ1) is 14.1. The summed E-state index contributed by atoms with van der Waals surface area (Å²) in [5, 5.41) is 5.60. The number of fused-ring (bicyclic) bond motifs is 1. The van der Waals surface area contributed by atoms with Gasteiger partial charge in [0, 0.05) is 24.5 Å². The molecule has 2 aliphatic heterocycles. The molecule has 7 heteroatoms. The molecule has 1 atom stereocenters. The van der Waals surface area contributed by atoms with Gasteiger partial charge in [0.25, 0.3) is 5.91 Å². The summed E-state index contributed by atoms with van der Waals surface area (Å²) in [6.45, 7) is 6.12. The lowest BCUT2D eigenvalue weighted by molar-refractivity contribution is 0.0714. The molecular formula is C22H25FN4OS. The van der Waals surface area contributed by atoms with Crippen molar-refractivity contribution in [2.24, 2.45) is 0 Å². The quantitative estimate of drug-likeness (QED) is 0.644. The fraction of sp³-hybridized carbons (Fsp3) is 0.455. The first-order valence-corrected chi connectivity index (χ1v) is 11.2. The Morgan fingerprint density at radius 3 is 2.69 bits per heavy atom. The number of thiophene rings is 1. The van der Waals surface area contributed by atoms with Crippen LogP contribution in [0.15, 0.2) is 30.3 Å². The molecule has 2 fully saturated rings. The molecule has 29 heavy (non-hydrogen) atoms. The van der Waals surface area contributed by atoms with E-state index in [4.69, 9.17) is 0 Å². The lowest BCUT2D eigenvalue weighted by Gasteiger charge is -2.28. The third kappa shape index (κ3) is 3.46. The van der Waals surface area contributed by atoms with Crippen LogP contribution in [0.4, 0.5) is 4.39 Å². The number of halogens is 1. The number of likely N-dealkylation sites (tertiary alicyclic amines) is 2. The average Bonchev–Trinajstić information content (AvgIpc) is 3.49. The van der Waals surface area contributed by atoms with Crippen LogP contribution < -0.4 is 0 Å². The van der Waals surface area contributed by atoms with Gasteiger partial charge < -0.3 is 9.80 Å². The molecule has 0 N–H and O–H groups in total. The summed E-state index contributed by atoms with van der Waals surface area (Å²) in [5.74, 6) is -0.132. The Morgan fingerprint density at radius 1 is 1.17 bits per heavy atom. The zero-order chi connectivity index (χ0) is 20.0. The number of aromatic nitrogens is 2. The minimum absolute atomic E-state index is 0.137. The number of hydrogen-bond acceptors (Lipinski definition) is 4. The molecule has 0 spiro atoms. The Balaban J connectivity index is 1.43. The van der Waals surface area contributed by atoms with E-state index in [1.165, 1.54) is 36.3 Å². The Kier molecular flexibility index (Phi) is 4.87. The zero-order valence-electron chi connectivity index (χ0n) is 16.6. The van der Waals surface area contributed by atoms with Gasteiger partial charge in [-0.15, -0.1) is 11.3 Å². The van der Waals surface area contributed by atoms with Crippen LogP contribution in [0.1, 0.15) is 41.0 Å². The number of benzene rings is 1. The standard InChI is InChI=1S/C22H25FN4OS/c1-15-19-13-20(29-22(19)27(24-15)17-8-6-16(23)7-9-17)21(28)26-12-4-5-18(26)14-25-10-2-3-11-25/h6-9,13,18H,2-5,10-12,14H2,1H3. The van der Waals surface area contributed by atoms with Crippen LogP contribution in [0.5, 0.6) is 0 Å². The van der Waals surface area contributed by atoms with Gasteiger partial charge in [0.1, 0.15) is 10.6 Å². The largest absolute Gasteiger partial charge is 0.334 e. The monoisotopic (exact) mass is 412 g/mol. The van der Waals surface area contributed by atoms with Gasteiger partial charge in [-0.1, -0.05) is 0 Å². The number of carbonyl (C=O) groups is 1. The van der Waals surface area contributed by atoms with Crippen molar-refractivity contribution in [3.63, 3.8) is 0 Å². The van der Waals surface area contributed by atoms with E-state index in [1.807, 2.05) is 17.7 Å². The average molecular weight is 413 g/mol. The summed E-state index contributed by atoms with van der Waals surface area (Å²) >= 11 is 1.49. The van der Waals surface area contributed by atoms with Crippen molar-refractivity contribution < 1.29 is 9.18 Å². The van der Waals surface area contributed by atoms with Crippen molar-refractivity contribution >= 4 is 27.5 Å². The van der Waals surface area contributed by atoms with Crippen molar-refractivity contribution in [2.75, 3.05) is 26.2 Å². The van der Waals surface area contributed by atoms with Gasteiger partial charge in [-0.2, -0.15) is 5.10 Å². The molecule has 2 aliphatic rings. The topological polar surface area (TPSA) is 41.4 Å². The molecule has 0 aliphatic carbocycles. The number of nitrogens with zero attached hydrogens (tertiary/aromatic N) is 4. The van der Waals surface area contributed by atoms with Gasteiger partial charge in [-0.3, -0.25) is 4.79 Å². The molecule has 1 unspecified atom stereocenters. The van der Waals surface area contributed by atoms with E-state index in [9.17, 15) is 9.18 Å². The normalized spacial score (nSPS) is 20.2. The summed E-state index contributed by atoms with van der Waals surface area (Å²) in [6, 6.07) is 8.61. The number of amides is 1. The van der Waals surface area contributed by atoms with Crippen molar-refractivity contribution in [3.05, 3.63) is 46.7 Å². The lowest BCUT2D eigenvalue weighted by atomic mass is 10.2. The molecule has 0 radical (unpaired) electrons. The summed E-state index contributed by atoms with van der Waals surface area (Å²) in [6.07, 6.45) is 4.72. The van der Waals surface area contributed by atoms with Gasteiger partial charge in [0.05, 0.1) is 16.3 Å². The summed E-state index contributed by atoms with van der Waals surface area (Å²) in [7, 11) is 0. The SMILES string of the molecule is Cc1nn(-c2ccc(F)cc2)c2sc(C(=O)N3CCCC3CN3CCCC3)cc12. The van der Waals surface area contributed by atoms with Crippen LogP contribution >= 0.6 is 11.3 Å². The fourth-order valence-corrected chi connectivity index (χ4v) is 5.75. The van der Waals surface area contributed by atoms with Crippen LogP contribution in [0, 0.1) is 12.7 Å². The van der Waals surface area contributed by atoms with Gasteiger partial charge in [-0.25, -0.2) is 9.07 Å².